The van der Waals surface area contributed by atoms with E-state index >= 15 is 0 Å². The number of rotatable bonds is 12. The van der Waals surface area contributed by atoms with Gasteiger partial charge in [-0.2, -0.15) is 0 Å². The maximum atomic E-state index is 12.8. The Labute approximate surface area is 146 Å². The minimum Gasteiger partial charge on any atom is -0.366 e. The van der Waals surface area contributed by atoms with Gasteiger partial charge in [0.1, 0.15) is 0 Å². The first-order chi connectivity index (χ1) is 11.6. The third kappa shape index (κ3) is 7.16. The Morgan fingerprint density at radius 2 is 1.25 bits per heavy atom. The predicted octanol–water partition coefficient (Wildman–Crippen LogP) is 4.39. The molecule has 2 amide bonds. The minimum absolute atomic E-state index is 0.0546. The van der Waals surface area contributed by atoms with Gasteiger partial charge in [-0.3, -0.25) is 9.59 Å². The van der Waals surface area contributed by atoms with Gasteiger partial charge in [0.15, 0.2) is 0 Å². The number of nitrogens with zero attached hydrogens (tertiary/aromatic N) is 1. The number of nitrogens with two attached hydrogens (primary N) is 1. The van der Waals surface area contributed by atoms with Crippen molar-refractivity contribution in [2.45, 2.75) is 65.2 Å². The predicted molar refractivity (Wildman–Crippen MR) is 99.1 cm³/mol. The molecule has 4 nitrogen and oxygen atoms in total. The van der Waals surface area contributed by atoms with Crippen LogP contribution in [0.1, 0.15) is 85.9 Å². The minimum atomic E-state index is -0.468. The number of carbonyl (C=O) groups excluding carboxylic acids is 2. The number of carbonyl (C=O) groups is 2. The molecule has 0 heterocycles. The molecular formula is C20H32N2O2. The van der Waals surface area contributed by atoms with E-state index < -0.39 is 5.91 Å². The maximum Gasteiger partial charge on any atom is 0.253 e. The Kier molecular flexibility index (Phi) is 9.81. The van der Waals surface area contributed by atoms with Crippen molar-refractivity contribution in [3.8, 4) is 0 Å². The molecule has 0 aromatic heterocycles. The Bertz CT molecular complexity index is 485. The van der Waals surface area contributed by atoms with Gasteiger partial charge in [0.25, 0.3) is 5.91 Å². The van der Waals surface area contributed by atoms with Gasteiger partial charge in [0.05, 0.1) is 0 Å². The van der Waals surface area contributed by atoms with E-state index in [-0.39, 0.29) is 5.91 Å². The van der Waals surface area contributed by atoms with Crippen molar-refractivity contribution in [1.29, 1.82) is 0 Å². The molecule has 0 bridgehead atoms. The Morgan fingerprint density at radius 1 is 0.792 bits per heavy atom. The summed E-state index contributed by atoms with van der Waals surface area (Å²) < 4.78 is 0. The summed E-state index contributed by atoms with van der Waals surface area (Å²) in [4.78, 5) is 25.9. The van der Waals surface area contributed by atoms with Gasteiger partial charge in [-0.05, 0) is 37.1 Å². The monoisotopic (exact) mass is 332 g/mol. The first-order valence-electron chi connectivity index (χ1n) is 9.29. The molecule has 24 heavy (non-hydrogen) atoms. The molecule has 0 aliphatic rings. The normalized spacial score (nSPS) is 10.6. The van der Waals surface area contributed by atoms with Gasteiger partial charge in [0.2, 0.25) is 5.91 Å². The third-order valence-corrected chi connectivity index (χ3v) is 4.27. The van der Waals surface area contributed by atoms with E-state index in [0.29, 0.717) is 11.1 Å². The second-order valence-electron chi connectivity index (χ2n) is 6.36. The topological polar surface area (TPSA) is 63.4 Å². The van der Waals surface area contributed by atoms with Gasteiger partial charge in [0, 0.05) is 24.2 Å². The van der Waals surface area contributed by atoms with Gasteiger partial charge in [-0.15, -0.1) is 0 Å². The summed E-state index contributed by atoms with van der Waals surface area (Å²) in [5.74, 6) is -0.413. The Hall–Kier alpha value is -1.84. The van der Waals surface area contributed by atoms with E-state index in [9.17, 15) is 9.59 Å². The number of amides is 2. The van der Waals surface area contributed by atoms with E-state index in [1.807, 2.05) is 4.90 Å². The molecular weight excluding hydrogens is 300 g/mol. The maximum absolute atomic E-state index is 12.8. The largest absolute Gasteiger partial charge is 0.366 e. The summed E-state index contributed by atoms with van der Waals surface area (Å²) in [6.07, 6.45) is 9.24. The van der Waals surface area contributed by atoms with E-state index in [1.54, 1.807) is 24.3 Å². The van der Waals surface area contributed by atoms with Crippen LogP contribution >= 0.6 is 0 Å². The molecule has 134 valence electrons. The van der Waals surface area contributed by atoms with Crippen LogP contribution in [0.4, 0.5) is 0 Å². The summed E-state index contributed by atoms with van der Waals surface area (Å²) in [7, 11) is 0. The molecule has 0 saturated heterocycles. The van der Waals surface area contributed by atoms with Crippen molar-refractivity contribution in [3.63, 3.8) is 0 Å². The second kappa shape index (κ2) is 11.7. The standard InChI is InChI=1S/C20H32N2O2/c1-3-5-7-9-15-22(16-10-8-6-4-2)20(24)18-13-11-17(12-14-18)19(21)23/h11-14H,3-10,15-16H2,1-2H3,(H2,21,23). The molecule has 1 aromatic rings. The van der Waals surface area contributed by atoms with Crippen LogP contribution in [0.2, 0.25) is 0 Å². The third-order valence-electron chi connectivity index (χ3n) is 4.27. The van der Waals surface area contributed by atoms with E-state index in [1.165, 1.54) is 25.7 Å². The van der Waals surface area contributed by atoms with Crippen LogP contribution in [0.25, 0.3) is 0 Å². The van der Waals surface area contributed by atoms with Crippen LogP contribution in [0, 0.1) is 0 Å². The van der Waals surface area contributed by atoms with E-state index in [0.717, 1.165) is 38.8 Å². The summed E-state index contributed by atoms with van der Waals surface area (Å²) in [6.45, 7) is 5.99. The fraction of sp³-hybridized carbons (Fsp3) is 0.600. The molecule has 0 unspecified atom stereocenters. The lowest BCUT2D eigenvalue weighted by atomic mass is 10.1. The molecule has 0 spiro atoms. The molecule has 1 rings (SSSR count). The highest BCUT2D eigenvalue weighted by molar-refractivity contribution is 5.97. The highest BCUT2D eigenvalue weighted by atomic mass is 16.2. The van der Waals surface area contributed by atoms with Crippen LogP contribution in [0.5, 0.6) is 0 Å². The molecule has 0 aliphatic heterocycles. The molecule has 0 saturated carbocycles. The number of benzene rings is 1. The van der Waals surface area contributed by atoms with E-state index in [4.69, 9.17) is 5.73 Å². The van der Waals surface area contributed by atoms with Crippen molar-refractivity contribution < 1.29 is 9.59 Å². The van der Waals surface area contributed by atoms with Gasteiger partial charge in [-0.25, -0.2) is 0 Å². The lowest BCUT2D eigenvalue weighted by Gasteiger charge is -2.23. The molecule has 0 fully saturated rings. The Balaban J connectivity index is 2.67. The average molecular weight is 332 g/mol. The molecule has 1 aromatic carbocycles. The SMILES string of the molecule is CCCCCCN(CCCCCC)C(=O)c1ccc(C(N)=O)cc1. The van der Waals surface area contributed by atoms with Crippen molar-refractivity contribution in [2.75, 3.05) is 13.1 Å². The number of hydrogen-bond acceptors (Lipinski definition) is 2. The molecule has 0 atom stereocenters. The van der Waals surface area contributed by atoms with Crippen molar-refractivity contribution in [2.24, 2.45) is 5.73 Å². The lowest BCUT2D eigenvalue weighted by Crippen LogP contribution is -2.33. The van der Waals surface area contributed by atoms with Crippen molar-refractivity contribution in [3.05, 3.63) is 35.4 Å². The Morgan fingerprint density at radius 3 is 1.67 bits per heavy atom. The van der Waals surface area contributed by atoms with Crippen LogP contribution in [0.15, 0.2) is 24.3 Å². The van der Waals surface area contributed by atoms with Crippen LogP contribution < -0.4 is 5.73 Å². The summed E-state index contributed by atoms with van der Waals surface area (Å²) >= 11 is 0. The zero-order valence-corrected chi connectivity index (χ0v) is 15.2. The fourth-order valence-corrected chi connectivity index (χ4v) is 2.73. The number of unbranched alkanes of at least 4 members (excludes halogenated alkanes) is 6. The van der Waals surface area contributed by atoms with Crippen LogP contribution in [-0.4, -0.2) is 29.8 Å². The number of primary amides is 1. The van der Waals surface area contributed by atoms with Crippen molar-refractivity contribution >= 4 is 11.8 Å². The number of hydrogen-bond donors (Lipinski definition) is 1. The van der Waals surface area contributed by atoms with Crippen LogP contribution in [-0.2, 0) is 0 Å². The molecule has 4 heteroatoms. The average Bonchev–Trinajstić information content (AvgIpc) is 2.60. The first kappa shape index (κ1) is 20.2. The quantitative estimate of drug-likeness (QED) is 0.577. The second-order valence-corrected chi connectivity index (χ2v) is 6.36. The summed E-state index contributed by atoms with van der Waals surface area (Å²) in [6, 6.07) is 6.66. The fourth-order valence-electron chi connectivity index (χ4n) is 2.73. The van der Waals surface area contributed by atoms with Gasteiger partial charge >= 0.3 is 0 Å². The summed E-state index contributed by atoms with van der Waals surface area (Å²) in [5, 5.41) is 0. The highest BCUT2D eigenvalue weighted by Gasteiger charge is 2.15. The smallest absolute Gasteiger partial charge is 0.253 e. The highest BCUT2D eigenvalue weighted by Crippen LogP contribution is 2.11. The molecule has 0 aliphatic carbocycles. The van der Waals surface area contributed by atoms with Crippen molar-refractivity contribution in [1.82, 2.24) is 4.90 Å². The summed E-state index contributed by atoms with van der Waals surface area (Å²) in [5.41, 5.74) is 6.32. The van der Waals surface area contributed by atoms with Gasteiger partial charge in [-0.1, -0.05) is 52.4 Å². The van der Waals surface area contributed by atoms with E-state index in [2.05, 4.69) is 13.8 Å². The van der Waals surface area contributed by atoms with Gasteiger partial charge < -0.3 is 10.6 Å². The lowest BCUT2D eigenvalue weighted by molar-refractivity contribution is 0.0748. The zero-order chi connectivity index (χ0) is 17.8. The van der Waals surface area contributed by atoms with Crippen LogP contribution in [0.3, 0.4) is 0 Å². The zero-order valence-electron chi connectivity index (χ0n) is 15.2. The molecule has 0 radical (unpaired) electrons. The molecule has 2 N–H and O–H groups in total. The first-order valence-corrected chi connectivity index (χ1v) is 9.29.